The maximum absolute atomic E-state index is 11.1. The standard InChI is InChI=1S/C18H28N4O2.HI/c1-20-18(22-9-3-4-16(12-22)10-17(19)23)21-11-14-5-7-15(8-6-14)13-24-2;/h5-8,16H,3-4,9-13H2,1-2H3,(H2,19,23)(H,20,21);1H. The van der Waals surface area contributed by atoms with Gasteiger partial charge in [0.1, 0.15) is 0 Å². The molecule has 1 fully saturated rings. The fourth-order valence-corrected chi connectivity index (χ4v) is 3.14. The zero-order valence-electron chi connectivity index (χ0n) is 15.0. The van der Waals surface area contributed by atoms with Crippen LogP contribution < -0.4 is 11.1 Å². The highest BCUT2D eigenvalue weighted by molar-refractivity contribution is 14.0. The number of nitrogens with zero attached hydrogens (tertiary/aromatic N) is 2. The molecule has 0 saturated carbocycles. The molecule has 0 aromatic heterocycles. The normalized spacial score (nSPS) is 17.8. The Morgan fingerprint density at radius 1 is 1.36 bits per heavy atom. The van der Waals surface area contributed by atoms with Crippen molar-refractivity contribution in [3.8, 4) is 0 Å². The van der Waals surface area contributed by atoms with Gasteiger partial charge in [-0.25, -0.2) is 0 Å². The summed E-state index contributed by atoms with van der Waals surface area (Å²) in [7, 11) is 3.49. The topological polar surface area (TPSA) is 80.0 Å². The number of nitrogens with two attached hydrogens (primary N) is 1. The highest BCUT2D eigenvalue weighted by atomic mass is 127. The molecule has 2 rings (SSSR count). The highest BCUT2D eigenvalue weighted by Gasteiger charge is 2.23. The predicted molar refractivity (Wildman–Crippen MR) is 111 cm³/mol. The van der Waals surface area contributed by atoms with Crippen LogP contribution in [-0.2, 0) is 22.7 Å². The zero-order chi connectivity index (χ0) is 17.4. The number of halogens is 1. The van der Waals surface area contributed by atoms with Gasteiger partial charge in [-0.3, -0.25) is 9.79 Å². The number of likely N-dealkylation sites (tertiary alicyclic amines) is 1. The highest BCUT2D eigenvalue weighted by Crippen LogP contribution is 2.19. The van der Waals surface area contributed by atoms with E-state index in [1.165, 1.54) is 5.56 Å². The lowest BCUT2D eigenvalue weighted by Gasteiger charge is -2.34. The zero-order valence-corrected chi connectivity index (χ0v) is 17.4. The van der Waals surface area contributed by atoms with Gasteiger partial charge in [-0.15, -0.1) is 24.0 Å². The predicted octanol–water partition coefficient (Wildman–Crippen LogP) is 2.11. The van der Waals surface area contributed by atoms with E-state index in [1.54, 1.807) is 14.2 Å². The third-order valence-corrected chi connectivity index (χ3v) is 4.30. The number of ether oxygens (including phenoxy) is 1. The lowest BCUT2D eigenvalue weighted by Crippen LogP contribution is -2.46. The monoisotopic (exact) mass is 460 g/mol. The van der Waals surface area contributed by atoms with Crippen LogP contribution in [0.15, 0.2) is 29.3 Å². The lowest BCUT2D eigenvalue weighted by atomic mass is 9.95. The summed E-state index contributed by atoms with van der Waals surface area (Å²) in [6.45, 7) is 3.14. The minimum absolute atomic E-state index is 0. The third kappa shape index (κ3) is 7.19. The summed E-state index contributed by atoms with van der Waals surface area (Å²) in [4.78, 5) is 17.7. The van der Waals surface area contributed by atoms with Crippen LogP contribution in [0.4, 0.5) is 0 Å². The average molecular weight is 460 g/mol. The van der Waals surface area contributed by atoms with Crippen LogP contribution in [0.25, 0.3) is 0 Å². The number of piperidine rings is 1. The van der Waals surface area contributed by atoms with Gasteiger partial charge < -0.3 is 20.7 Å². The van der Waals surface area contributed by atoms with Crippen molar-refractivity contribution in [1.82, 2.24) is 10.2 Å². The number of benzene rings is 1. The molecule has 1 atom stereocenters. The van der Waals surface area contributed by atoms with Crippen LogP contribution in [0, 0.1) is 5.92 Å². The number of guanidine groups is 1. The van der Waals surface area contributed by atoms with E-state index in [0.29, 0.717) is 18.9 Å². The van der Waals surface area contributed by atoms with Gasteiger partial charge in [-0.2, -0.15) is 0 Å². The Morgan fingerprint density at radius 2 is 2.04 bits per heavy atom. The molecular formula is C18H29IN4O2. The molecule has 25 heavy (non-hydrogen) atoms. The number of methoxy groups -OCH3 is 1. The number of rotatable bonds is 6. The Labute approximate surface area is 167 Å². The molecule has 0 bridgehead atoms. The fourth-order valence-electron chi connectivity index (χ4n) is 3.14. The number of aliphatic imine (C=N–C) groups is 1. The van der Waals surface area contributed by atoms with Crippen molar-refractivity contribution in [2.45, 2.75) is 32.4 Å². The molecule has 3 N–H and O–H groups in total. The molecule has 1 amide bonds. The first-order valence-corrected chi connectivity index (χ1v) is 8.43. The molecule has 7 heteroatoms. The van der Waals surface area contributed by atoms with Crippen LogP contribution in [0.5, 0.6) is 0 Å². The lowest BCUT2D eigenvalue weighted by molar-refractivity contribution is -0.119. The smallest absolute Gasteiger partial charge is 0.217 e. The second-order valence-electron chi connectivity index (χ2n) is 6.27. The van der Waals surface area contributed by atoms with Gasteiger partial charge in [0.2, 0.25) is 5.91 Å². The van der Waals surface area contributed by atoms with Crippen molar-refractivity contribution in [1.29, 1.82) is 0 Å². The largest absolute Gasteiger partial charge is 0.380 e. The summed E-state index contributed by atoms with van der Waals surface area (Å²) in [5.41, 5.74) is 7.69. The Hall–Kier alpha value is -1.35. The van der Waals surface area contributed by atoms with E-state index < -0.39 is 0 Å². The molecule has 1 unspecified atom stereocenters. The molecule has 1 aromatic carbocycles. The summed E-state index contributed by atoms with van der Waals surface area (Å²) in [6.07, 6.45) is 2.57. The summed E-state index contributed by atoms with van der Waals surface area (Å²) in [6, 6.07) is 8.35. The number of nitrogens with one attached hydrogen (secondary N) is 1. The maximum Gasteiger partial charge on any atom is 0.217 e. The minimum Gasteiger partial charge on any atom is -0.380 e. The van der Waals surface area contributed by atoms with Crippen molar-refractivity contribution in [2.24, 2.45) is 16.6 Å². The van der Waals surface area contributed by atoms with E-state index in [1.807, 2.05) is 0 Å². The summed E-state index contributed by atoms with van der Waals surface area (Å²) in [5.74, 6) is 0.981. The van der Waals surface area contributed by atoms with Gasteiger partial charge in [0, 0.05) is 40.2 Å². The van der Waals surface area contributed by atoms with Crippen LogP contribution in [0.3, 0.4) is 0 Å². The Bertz CT molecular complexity index is 563. The molecule has 0 aliphatic carbocycles. The van der Waals surface area contributed by atoms with Crippen molar-refractivity contribution in [3.05, 3.63) is 35.4 Å². The SMILES string of the molecule is CN=C(NCc1ccc(COC)cc1)N1CCCC(CC(N)=O)C1.I. The molecular weight excluding hydrogens is 431 g/mol. The second-order valence-corrected chi connectivity index (χ2v) is 6.27. The van der Waals surface area contributed by atoms with E-state index in [4.69, 9.17) is 10.5 Å². The summed E-state index contributed by atoms with van der Waals surface area (Å²) < 4.78 is 5.13. The van der Waals surface area contributed by atoms with E-state index in [-0.39, 0.29) is 29.9 Å². The van der Waals surface area contributed by atoms with Gasteiger partial charge in [0.15, 0.2) is 5.96 Å². The van der Waals surface area contributed by atoms with Crippen LogP contribution in [0.1, 0.15) is 30.4 Å². The second kappa shape index (κ2) is 11.3. The van der Waals surface area contributed by atoms with Crippen LogP contribution >= 0.6 is 24.0 Å². The first kappa shape index (κ1) is 21.7. The van der Waals surface area contributed by atoms with E-state index in [0.717, 1.165) is 44.0 Å². The van der Waals surface area contributed by atoms with Crippen molar-refractivity contribution in [2.75, 3.05) is 27.2 Å². The number of amides is 1. The van der Waals surface area contributed by atoms with Crippen molar-refractivity contribution >= 4 is 35.8 Å². The van der Waals surface area contributed by atoms with E-state index >= 15 is 0 Å². The van der Waals surface area contributed by atoms with Gasteiger partial charge in [-0.05, 0) is 29.9 Å². The molecule has 1 saturated heterocycles. The van der Waals surface area contributed by atoms with Gasteiger partial charge in [0.05, 0.1) is 6.61 Å². The van der Waals surface area contributed by atoms with Crippen LogP contribution in [0.2, 0.25) is 0 Å². The third-order valence-electron chi connectivity index (χ3n) is 4.30. The molecule has 1 aliphatic rings. The molecule has 1 aromatic rings. The fraction of sp³-hybridized carbons (Fsp3) is 0.556. The minimum atomic E-state index is -0.221. The maximum atomic E-state index is 11.1. The quantitative estimate of drug-likeness (QED) is 0.387. The van der Waals surface area contributed by atoms with Gasteiger partial charge in [-0.1, -0.05) is 24.3 Å². The number of primary amides is 1. The van der Waals surface area contributed by atoms with Gasteiger partial charge >= 0.3 is 0 Å². The molecule has 140 valence electrons. The van der Waals surface area contributed by atoms with Crippen molar-refractivity contribution < 1.29 is 9.53 Å². The Kier molecular flexibility index (Phi) is 9.81. The number of carbonyl (C=O) groups is 1. The Balaban J connectivity index is 0.00000312. The molecule has 6 nitrogen and oxygen atoms in total. The van der Waals surface area contributed by atoms with Crippen molar-refractivity contribution in [3.63, 3.8) is 0 Å². The molecule has 0 radical (unpaired) electrons. The van der Waals surface area contributed by atoms with Gasteiger partial charge in [0.25, 0.3) is 0 Å². The number of hydrogen-bond acceptors (Lipinski definition) is 3. The average Bonchev–Trinajstić information content (AvgIpc) is 2.57. The van der Waals surface area contributed by atoms with E-state index in [2.05, 4.69) is 39.5 Å². The first-order valence-electron chi connectivity index (χ1n) is 8.43. The summed E-state index contributed by atoms with van der Waals surface area (Å²) in [5, 5.41) is 3.41. The first-order chi connectivity index (χ1) is 11.6. The Morgan fingerprint density at radius 3 is 2.64 bits per heavy atom. The molecule has 1 heterocycles. The summed E-state index contributed by atoms with van der Waals surface area (Å²) >= 11 is 0. The number of carbonyl (C=O) groups excluding carboxylic acids is 1. The number of hydrogen-bond donors (Lipinski definition) is 2. The van der Waals surface area contributed by atoms with E-state index in [9.17, 15) is 4.79 Å². The van der Waals surface area contributed by atoms with Crippen LogP contribution in [-0.4, -0.2) is 44.0 Å². The molecule has 1 aliphatic heterocycles. The molecule has 0 spiro atoms.